The minimum absolute atomic E-state index is 0.0662. The molecule has 3 aliphatic rings. The van der Waals surface area contributed by atoms with Crippen LogP contribution < -0.4 is 0 Å². The van der Waals surface area contributed by atoms with Gasteiger partial charge in [-0.3, -0.25) is 9.69 Å². The number of ether oxygens (including phenoxy) is 2. The van der Waals surface area contributed by atoms with E-state index in [-0.39, 0.29) is 11.6 Å². The predicted molar refractivity (Wildman–Crippen MR) is 71.9 cm³/mol. The molecule has 108 valence electrons. The van der Waals surface area contributed by atoms with Gasteiger partial charge in [0, 0.05) is 18.7 Å². The summed E-state index contributed by atoms with van der Waals surface area (Å²) in [6.45, 7) is 3.68. The monoisotopic (exact) mass is 267 g/mol. The van der Waals surface area contributed by atoms with Gasteiger partial charge in [0.25, 0.3) is 0 Å². The molecule has 2 saturated carbocycles. The molecule has 1 spiro atoms. The van der Waals surface area contributed by atoms with Gasteiger partial charge in [-0.2, -0.15) is 0 Å². The minimum Gasteiger partial charge on any atom is -0.465 e. The second-order valence-electron chi connectivity index (χ2n) is 6.24. The van der Waals surface area contributed by atoms with E-state index in [0.29, 0.717) is 25.2 Å². The molecule has 19 heavy (non-hydrogen) atoms. The van der Waals surface area contributed by atoms with E-state index in [9.17, 15) is 4.79 Å². The molecule has 1 unspecified atom stereocenters. The minimum atomic E-state index is -0.0662. The first-order valence-corrected chi connectivity index (χ1v) is 7.78. The zero-order valence-electron chi connectivity index (χ0n) is 11.9. The van der Waals surface area contributed by atoms with Crippen molar-refractivity contribution in [2.24, 2.45) is 0 Å². The second-order valence-corrected chi connectivity index (χ2v) is 6.24. The molecule has 4 heteroatoms. The number of nitrogens with zero attached hydrogens (tertiary/aromatic N) is 1. The molecule has 1 atom stereocenters. The third kappa shape index (κ3) is 2.95. The van der Waals surface area contributed by atoms with Gasteiger partial charge in [0.2, 0.25) is 0 Å². The Morgan fingerprint density at radius 3 is 2.68 bits per heavy atom. The van der Waals surface area contributed by atoms with Crippen LogP contribution in [0.25, 0.3) is 0 Å². The third-order valence-corrected chi connectivity index (χ3v) is 4.83. The second kappa shape index (κ2) is 5.41. The van der Waals surface area contributed by atoms with E-state index < -0.39 is 0 Å². The van der Waals surface area contributed by atoms with Gasteiger partial charge in [0.05, 0.1) is 18.8 Å². The fourth-order valence-electron chi connectivity index (χ4n) is 3.52. The molecule has 0 aromatic heterocycles. The van der Waals surface area contributed by atoms with Crippen molar-refractivity contribution in [2.75, 3.05) is 19.8 Å². The molecule has 1 saturated heterocycles. The lowest BCUT2D eigenvalue weighted by Crippen LogP contribution is -2.53. The molecular formula is C15H25NO3. The van der Waals surface area contributed by atoms with E-state index in [4.69, 9.17) is 9.47 Å². The number of carbonyl (C=O) groups is 1. The van der Waals surface area contributed by atoms with E-state index in [1.165, 1.54) is 32.1 Å². The van der Waals surface area contributed by atoms with Crippen molar-refractivity contribution in [1.82, 2.24) is 4.90 Å². The average Bonchev–Trinajstić information content (AvgIpc) is 3.19. The van der Waals surface area contributed by atoms with Crippen molar-refractivity contribution >= 4 is 5.97 Å². The number of carbonyl (C=O) groups excluding carboxylic acids is 1. The maximum Gasteiger partial charge on any atom is 0.320 e. The van der Waals surface area contributed by atoms with Gasteiger partial charge in [-0.25, -0.2) is 0 Å². The summed E-state index contributed by atoms with van der Waals surface area (Å²) in [6, 6.07) is 1.13. The van der Waals surface area contributed by atoms with Gasteiger partial charge >= 0.3 is 5.97 Å². The number of hydrogen-bond donors (Lipinski definition) is 0. The van der Waals surface area contributed by atoms with Gasteiger partial charge < -0.3 is 9.47 Å². The first-order chi connectivity index (χ1) is 9.22. The summed E-state index contributed by atoms with van der Waals surface area (Å²) in [4.78, 5) is 14.2. The molecule has 3 rings (SSSR count). The Balaban J connectivity index is 1.61. The predicted octanol–water partition coefficient (Wildman–Crippen LogP) is 2.12. The van der Waals surface area contributed by atoms with Crippen LogP contribution >= 0.6 is 0 Å². The molecular weight excluding hydrogens is 242 g/mol. The Labute approximate surface area is 115 Å². The third-order valence-electron chi connectivity index (χ3n) is 4.83. The van der Waals surface area contributed by atoms with Crippen molar-refractivity contribution in [3.05, 3.63) is 0 Å². The Hall–Kier alpha value is -0.610. The summed E-state index contributed by atoms with van der Waals surface area (Å²) in [5, 5.41) is 0. The van der Waals surface area contributed by atoms with E-state index in [0.717, 1.165) is 19.4 Å². The Bertz CT molecular complexity index is 336. The van der Waals surface area contributed by atoms with Crippen LogP contribution in [0.3, 0.4) is 0 Å². The van der Waals surface area contributed by atoms with Gasteiger partial charge in [0.1, 0.15) is 0 Å². The van der Waals surface area contributed by atoms with Crippen LogP contribution in [0.2, 0.25) is 0 Å². The van der Waals surface area contributed by atoms with Gasteiger partial charge in [0.15, 0.2) is 0 Å². The lowest BCUT2D eigenvalue weighted by Gasteiger charge is -2.49. The van der Waals surface area contributed by atoms with Crippen LogP contribution in [-0.4, -0.2) is 48.3 Å². The summed E-state index contributed by atoms with van der Waals surface area (Å²) in [6.07, 6.45) is 8.38. The highest BCUT2D eigenvalue weighted by Gasteiger charge is 2.46. The Morgan fingerprint density at radius 2 is 2.11 bits per heavy atom. The van der Waals surface area contributed by atoms with Gasteiger partial charge in [-0.05, 0) is 51.9 Å². The smallest absolute Gasteiger partial charge is 0.320 e. The van der Waals surface area contributed by atoms with Gasteiger partial charge in [-0.1, -0.05) is 0 Å². The van der Waals surface area contributed by atoms with E-state index >= 15 is 0 Å². The van der Waals surface area contributed by atoms with Crippen molar-refractivity contribution < 1.29 is 14.3 Å². The zero-order valence-corrected chi connectivity index (χ0v) is 11.9. The number of hydrogen-bond acceptors (Lipinski definition) is 4. The fourth-order valence-corrected chi connectivity index (χ4v) is 3.52. The first-order valence-electron chi connectivity index (χ1n) is 7.78. The lowest BCUT2D eigenvalue weighted by atomic mass is 9.73. The van der Waals surface area contributed by atoms with E-state index in [1.807, 2.05) is 6.92 Å². The molecule has 0 N–H and O–H groups in total. The molecule has 4 nitrogen and oxygen atoms in total. The summed E-state index contributed by atoms with van der Waals surface area (Å²) >= 11 is 0. The lowest BCUT2D eigenvalue weighted by molar-refractivity contribution is -0.158. The molecule has 1 aliphatic heterocycles. The molecule has 0 aromatic rings. The van der Waals surface area contributed by atoms with Crippen LogP contribution in [0.1, 0.15) is 51.9 Å². The first kappa shape index (κ1) is 13.4. The van der Waals surface area contributed by atoms with E-state index in [2.05, 4.69) is 4.90 Å². The van der Waals surface area contributed by atoms with Crippen LogP contribution in [0, 0.1) is 0 Å². The quantitative estimate of drug-likeness (QED) is 0.715. The highest BCUT2D eigenvalue weighted by Crippen LogP contribution is 2.44. The van der Waals surface area contributed by atoms with Gasteiger partial charge in [-0.15, -0.1) is 0 Å². The maximum absolute atomic E-state index is 11.8. The standard InChI is InChI=1S/C15H25NO3/c1-2-18-14(17)11-16(12-4-5-12)13-6-9-19-15(10-13)7-3-8-15/h12-13H,2-11H2,1H3. The van der Waals surface area contributed by atoms with Crippen molar-refractivity contribution in [1.29, 1.82) is 0 Å². The maximum atomic E-state index is 11.8. The molecule has 0 bridgehead atoms. The highest BCUT2D eigenvalue weighted by molar-refractivity contribution is 5.71. The summed E-state index contributed by atoms with van der Waals surface area (Å²) in [5.74, 6) is -0.0662. The Kier molecular flexibility index (Phi) is 3.81. The highest BCUT2D eigenvalue weighted by atomic mass is 16.5. The SMILES string of the molecule is CCOC(=O)CN(C1CC1)C1CCOC2(CCC2)C1. The van der Waals surface area contributed by atoms with Crippen LogP contribution in [0.15, 0.2) is 0 Å². The summed E-state index contributed by atoms with van der Waals surface area (Å²) in [5.41, 5.74) is 0.157. The topological polar surface area (TPSA) is 38.8 Å². The summed E-state index contributed by atoms with van der Waals surface area (Å²) in [7, 11) is 0. The number of esters is 1. The molecule has 0 amide bonds. The average molecular weight is 267 g/mol. The molecule has 3 fully saturated rings. The molecule has 0 radical (unpaired) electrons. The van der Waals surface area contributed by atoms with E-state index in [1.54, 1.807) is 0 Å². The largest absolute Gasteiger partial charge is 0.465 e. The van der Waals surface area contributed by atoms with Crippen LogP contribution in [0.5, 0.6) is 0 Å². The van der Waals surface area contributed by atoms with Crippen molar-refractivity contribution in [3.63, 3.8) is 0 Å². The normalized spacial score (nSPS) is 29.3. The van der Waals surface area contributed by atoms with Crippen molar-refractivity contribution in [3.8, 4) is 0 Å². The zero-order chi connectivity index (χ0) is 13.3. The Morgan fingerprint density at radius 1 is 1.32 bits per heavy atom. The molecule has 0 aromatic carbocycles. The van der Waals surface area contributed by atoms with Crippen LogP contribution in [0.4, 0.5) is 0 Å². The summed E-state index contributed by atoms with van der Waals surface area (Å²) < 4.78 is 11.1. The molecule has 2 aliphatic carbocycles. The van der Waals surface area contributed by atoms with Crippen LogP contribution in [-0.2, 0) is 14.3 Å². The number of rotatable bonds is 5. The van der Waals surface area contributed by atoms with Crippen molar-refractivity contribution in [2.45, 2.75) is 69.6 Å². The fraction of sp³-hybridized carbons (Fsp3) is 0.933. The molecule has 1 heterocycles.